The van der Waals surface area contributed by atoms with Gasteiger partial charge in [0.05, 0.1) is 6.61 Å². The van der Waals surface area contributed by atoms with Crippen LogP contribution in [0.1, 0.15) is 9.67 Å². The maximum Gasteiger partial charge on any atom is 0.267 e. The van der Waals surface area contributed by atoms with Gasteiger partial charge in [0.2, 0.25) is 0 Å². The topological polar surface area (TPSA) is 80.5 Å². The number of anilines is 2. The third-order valence-corrected chi connectivity index (χ3v) is 4.02. The van der Waals surface area contributed by atoms with Gasteiger partial charge in [-0.15, -0.1) is 0 Å². The summed E-state index contributed by atoms with van der Waals surface area (Å²) in [6.07, 6.45) is 2.01. The average molecular weight is 304 g/mol. The van der Waals surface area contributed by atoms with E-state index in [9.17, 15) is 4.79 Å². The van der Waals surface area contributed by atoms with Crippen LogP contribution in [0.3, 0.4) is 0 Å². The van der Waals surface area contributed by atoms with Gasteiger partial charge in [0, 0.05) is 33.0 Å². The van der Waals surface area contributed by atoms with E-state index < -0.39 is 0 Å². The van der Waals surface area contributed by atoms with Crippen LogP contribution in [0.2, 0.25) is 0 Å². The van der Waals surface area contributed by atoms with Crippen LogP contribution in [-0.2, 0) is 4.74 Å². The minimum Gasteiger partial charge on any atom is -0.383 e. The highest BCUT2D eigenvalue weighted by Gasteiger charge is 2.19. The fourth-order valence-electron chi connectivity index (χ4n) is 1.32. The number of thiazole rings is 1. The van der Waals surface area contributed by atoms with E-state index in [-0.39, 0.29) is 11.7 Å². The largest absolute Gasteiger partial charge is 0.383 e. The Bertz CT molecular complexity index is 411. The van der Waals surface area contributed by atoms with E-state index in [1.165, 1.54) is 11.3 Å². The zero-order valence-corrected chi connectivity index (χ0v) is 13.1. The van der Waals surface area contributed by atoms with Crippen LogP contribution in [0.4, 0.5) is 10.9 Å². The predicted molar refractivity (Wildman–Crippen MR) is 82.2 cm³/mol. The Hall–Kier alpha value is -0.990. The summed E-state index contributed by atoms with van der Waals surface area (Å²) in [6.45, 7) is 1.92. The van der Waals surface area contributed by atoms with Crippen molar-refractivity contribution in [3.63, 3.8) is 0 Å². The van der Waals surface area contributed by atoms with E-state index in [4.69, 9.17) is 10.5 Å². The molecule has 0 saturated heterocycles. The van der Waals surface area contributed by atoms with Crippen molar-refractivity contribution >= 4 is 40.0 Å². The number of amides is 1. The molecule has 0 radical (unpaired) electrons. The summed E-state index contributed by atoms with van der Waals surface area (Å²) in [5.74, 6) is 1.11. The second-order valence-electron chi connectivity index (χ2n) is 3.87. The standard InChI is InChI=1S/C11H20N4O2S2/c1-15(5-7-18-3)10(16)8-9(12)14-11(19-8)13-4-6-17-2/h4-7,12H2,1-3H3,(H,13,14). The highest BCUT2D eigenvalue weighted by molar-refractivity contribution is 7.98. The van der Waals surface area contributed by atoms with E-state index in [1.807, 2.05) is 6.26 Å². The molecule has 0 spiro atoms. The zero-order valence-electron chi connectivity index (χ0n) is 11.4. The molecule has 1 heterocycles. The number of rotatable bonds is 8. The lowest BCUT2D eigenvalue weighted by Gasteiger charge is -2.15. The van der Waals surface area contributed by atoms with Crippen LogP contribution in [0.15, 0.2) is 0 Å². The number of hydrogen-bond donors (Lipinski definition) is 2. The molecule has 0 aromatic carbocycles. The molecule has 108 valence electrons. The molecule has 0 bridgehead atoms. The fraction of sp³-hybridized carbons (Fsp3) is 0.636. The normalized spacial score (nSPS) is 10.5. The highest BCUT2D eigenvalue weighted by atomic mass is 32.2. The van der Waals surface area contributed by atoms with Crippen molar-refractivity contribution in [1.82, 2.24) is 9.88 Å². The Morgan fingerprint density at radius 1 is 1.63 bits per heavy atom. The molecule has 3 N–H and O–H groups in total. The molecule has 1 aromatic rings. The van der Waals surface area contributed by atoms with Crippen LogP contribution in [0.25, 0.3) is 0 Å². The van der Waals surface area contributed by atoms with Gasteiger partial charge in [0.1, 0.15) is 10.7 Å². The van der Waals surface area contributed by atoms with E-state index in [1.54, 1.807) is 30.8 Å². The lowest BCUT2D eigenvalue weighted by atomic mass is 10.4. The first-order valence-corrected chi connectivity index (χ1v) is 8.04. The molecule has 0 saturated carbocycles. The molecule has 19 heavy (non-hydrogen) atoms. The van der Waals surface area contributed by atoms with E-state index >= 15 is 0 Å². The lowest BCUT2D eigenvalue weighted by molar-refractivity contribution is 0.0809. The third kappa shape index (κ3) is 4.88. The zero-order chi connectivity index (χ0) is 14.3. The van der Waals surface area contributed by atoms with Crippen molar-refractivity contribution in [2.75, 3.05) is 56.9 Å². The SMILES string of the molecule is COCCNc1nc(N)c(C(=O)N(C)CCSC)s1. The molecule has 0 aliphatic rings. The van der Waals surface area contributed by atoms with Crippen molar-refractivity contribution < 1.29 is 9.53 Å². The predicted octanol–water partition coefficient (Wildman–Crippen LogP) is 1.22. The maximum absolute atomic E-state index is 12.2. The Morgan fingerprint density at radius 2 is 2.37 bits per heavy atom. The minimum absolute atomic E-state index is 0.0798. The second kappa shape index (κ2) is 8.23. The van der Waals surface area contributed by atoms with E-state index in [0.29, 0.717) is 29.7 Å². The van der Waals surface area contributed by atoms with Gasteiger partial charge in [-0.05, 0) is 6.26 Å². The van der Waals surface area contributed by atoms with Crippen molar-refractivity contribution in [3.05, 3.63) is 4.88 Å². The Balaban J connectivity index is 2.64. The summed E-state index contributed by atoms with van der Waals surface area (Å²) in [6, 6.07) is 0. The summed E-state index contributed by atoms with van der Waals surface area (Å²) in [7, 11) is 3.41. The first kappa shape index (κ1) is 16.1. The number of nitrogen functional groups attached to an aromatic ring is 1. The summed E-state index contributed by atoms with van der Waals surface area (Å²) in [4.78, 5) is 18.5. The number of hydrogen-bond acceptors (Lipinski definition) is 7. The van der Waals surface area contributed by atoms with E-state index in [2.05, 4.69) is 10.3 Å². The Labute approximate surface area is 121 Å². The second-order valence-corrected chi connectivity index (χ2v) is 5.86. The van der Waals surface area contributed by atoms with Gasteiger partial charge in [0.25, 0.3) is 5.91 Å². The minimum atomic E-state index is -0.0798. The lowest BCUT2D eigenvalue weighted by Crippen LogP contribution is -2.28. The molecular formula is C11H20N4O2S2. The summed E-state index contributed by atoms with van der Waals surface area (Å²) < 4.78 is 4.94. The van der Waals surface area contributed by atoms with Crippen LogP contribution < -0.4 is 11.1 Å². The molecule has 8 heteroatoms. The van der Waals surface area contributed by atoms with Gasteiger partial charge in [-0.25, -0.2) is 4.98 Å². The smallest absolute Gasteiger partial charge is 0.267 e. The van der Waals surface area contributed by atoms with Crippen molar-refractivity contribution in [1.29, 1.82) is 0 Å². The van der Waals surface area contributed by atoms with Gasteiger partial charge >= 0.3 is 0 Å². The number of nitrogens with one attached hydrogen (secondary N) is 1. The average Bonchev–Trinajstić information content (AvgIpc) is 2.76. The van der Waals surface area contributed by atoms with E-state index in [0.717, 1.165) is 5.75 Å². The number of thioether (sulfide) groups is 1. The molecule has 0 fully saturated rings. The number of methoxy groups -OCH3 is 1. The maximum atomic E-state index is 12.2. The van der Waals surface area contributed by atoms with Crippen molar-refractivity contribution in [2.24, 2.45) is 0 Å². The molecule has 0 unspecified atom stereocenters. The van der Waals surface area contributed by atoms with Crippen LogP contribution in [-0.4, -0.2) is 61.7 Å². The quantitative estimate of drug-likeness (QED) is 0.703. The van der Waals surface area contributed by atoms with Gasteiger partial charge in [0.15, 0.2) is 5.13 Å². The van der Waals surface area contributed by atoms with Crippen molar-refractivity contribution in [2.45, 2.75) is 0 Å². The number of ether oxygens (including phenoxy) is 1. The molecule has 1 aromatic heterocycles. The highest BCUT2D eigenvalue weighted by Crippen LogP contribution is 2.25. The number of carbonyl (C=O) groups is 1. The number of nitrogens with two attached hydrogens (primary N) is 1. The van der Waals surface area contributed by atoms with Crippen molar-refractivity contribution in [3.8, 4) is 0 Å². The molecule has 6 nitrogen and oxygen atoms in total. The first-order chi connectivity index (χ1) is 9.10. The Morgan fingerprint density at radius 3 is 3.00 bits per heavy atom. The Kier molecular flexibility index (Phi) is 6.96. The number of aromatic nitrogens is 1. The summed E-state index contributed by atoms with van der Waals surface area (Å²) in [5.41, 5.74) is 5.79. The molecule has 0 aliphatic carbocycles. The van der Waals surface area contributed by atoms with Gasteiger partial charge < -0.3 is 20.7 Å². The molecule has 1 rings (SSSR count). The number of carbonyl (C=O) groups excluding carboxylic acids is 1. The fourth-order valence-corrected chi connectivity index (χ4v) is 2.69. The van der Waals surface area contributed by atoms with Gasteiger partial charge in [-0.1, -0.05) is 11.3 Å². The summed E-state index contributed by atoms with van der Waals surface area (Å²) in [5, 5.41) is 3.72. The third-order valence-electron chi connectivity index (χ3n) is 2.41. The molecule has 1 amide bonds. The van der Waals surface area contributed by atoms with Gasteiger partial charge in [-0.3, -0.25) is 4.79 Å². The van der Waals surface area contributed by atoms with Crippen LogP contribution >= 0.6 is 23.1 Å². The summed E-state index contributed by atoms with van der Waals surface area (Å²) >= 11 is 2.98. The van der Waals surface area contributed by atoms with Gasteiger partial charge in [-0.2, -0.15) is 11.8 Å². The van der Waals surface area contributed by atoms with Crippen LogP contribution in [0.5, 0.6) is 0 Å². The number of nitrogens with zero attached hydrogens (tertiary/aromatic N) is 2. The monoisotopic (exact) mass is 304 g/mol. The molecule has 0 aliphatic heterocycles. The molecular weight excluding hydrogens is 284 g/mol. The molecule has 0 atom stereocenters. The first-order valence-electron chi connectivity index (χ1n) is 5.83. The van der Waals surface area contributed by atoms with Crippen LogP contribution in [0, 0.1) is 0 Å².